The molecule has 0 unspecified atom stereocenters. The molecule has 54 valence electrons. The third-order valence-corrected chi connectivity index (χ3v) is 1.69. The molecule has 1 N–H and O–H groups in total. The van der Waals surface area contributed by atoms with Crippen LogP contribution in [0.15, 0.2) is 36.2 Å². The molecule has 0 fully saturated rings. The third kappa shape index (κ3) is 1.50. The Labute approximate surface area is 62.1 Å². The summed E-state index contributed by atoms with van der Waals surface area (Å²) in [6.07, 6.45) is 8.36. The summed E-state index contributed by atoms with van der Waals surface area (Å²) < 4.78 is 0. The summed E-state index contributed by atoms with van der Waals surface area (Å²) in [5, 5.41) is 3.09. The zero-order valence-corrected chi connectivity index (χ0v) is 6.35. The Morgan fingerprint density at radius 2 is 2.50 bits per heavy atom. The minimum absolute atomic E-state index is 1.17. The van der Waals surface area contributed by atoms with Crippen LogP contribution in [0.25, 0.3) is 0 Å². The molecular weight excluding hydrogens is 122 g/mol. The van der Waals surface area contributed by atoms with E-state index in [0.717, 1.165) is 0 Å². The largest absolute Gasteiger partial charge is 0.362 e. The van der Waals surface area contributed by atoms with Gasteiger partial charge in [0.2, 0.25) is 0 Å². The first-order chi connectivity index (χ1) is 4.84. The quantitative estimate of drug-likeness (QED) is 0.612. The predicted octanol–water partition coefficient (Wildman–Crippen LogP) is 2.34. The van der Waals surface area contributed by atoms with Crippen LogP contribution in [0.2, 0.25) is 0 Å². The average molecular weight is 135 g/mol. The summed E-state index contributed by atoms with van der Waals surface area (Å²) in [6.45, 7) is 5.76. The molecule has 0 saturated heterocycles. The number of rotatable bonds is 2. The fourth-order valence-electron chi connectivity index (χ4n) is 1.06. The smallest absolute Gasteiger partial charge is 0.0365 e. The highest BCUT2D eigenvalue weighted by Crippen LogP contribution is 2.15. The first kappa shape index (κ1) is 7.13. The first-order valence-corrected chi connectivity index (χ1v) is 3.58. The SMILES string of the molecule is C=CNC1=C(C)CCC=C1. The van der Waals surface area contributed by atoms with Crippen molar-refractivity contribution < 1.29 is 0 Å². The van der Waals surface area contributed by atoms with E-state index in [1.807, 2.05) is 0 Å². The van der Waals surface area contributed by atoms with Crippen molar-refractivity contribution in [2.24, 2.45) is 0 Å². The van der Waals surface area contributed by atoms with Gasteiger partial charge in [0, 0.05) is 5.70 Å². The molecule has 0 bridgehead atoms. The lowest BCUT2D eigenvalue weighted by atomic mass is 10.0. The lowest BCUT2D eigenvalue weighted by Crippen LogP contribution is -2.06. The van der Waals surface area contributed by atoms with Crippen LogP contribution in [0.3, 0.4) is 0 Å². The average Bonchev–Trinajstić information content (AvgIpc) is 1.94. The second-order valence-electron chi connectivity index (χ2n) is 2.48. The summed E-state index contributed by atoms with van der Waals surface area (Å²) in [5.74, 6) is 0. The van der Waals surface area contributed by atoms with Gasteiger partial charge in [-0.05, 0) is 37.6 Å². The lowest BCUT2D eigenvalue weighted by molar-refractivity contribution is 0.901. The van der Waals surface area contributed by atoms with E-state index in [1.165, 1.54) is 24.1 Å². The van der Waals surface area contributed by atoms with E-state index < -0.39 is 0 Å². The molecule has 10 heavy (non-hydrogen) atoms. The second-order valence-corrected chi connectivity index (χ2v) is 2.48. The predicted molar refractivity (Wildman–Crippen MR) is 44.4 cm³/mol. The fourth-order valence-corrected chi connectivity index (χ4v) is 1.06. The van der Waals surface area contributed by atoms with Gasteiger partial charge in [-0.3, -0.25) is 0 Å². The highest BCUT2D eigenvalue weighted by atomic mass is 14.8. The van der Waals surface area contributed by atoms with Crippen LogP contribution in [-0.4, -0.2) is 0 Å². The van der Waals surface area contributed by atoms with Gasteiger partial charge in [-0.25, -0.2) is 0 Å². The Balaban J connectivity index is 2.69. The minimum Gasteiger partial charge on any atom is -0.362 e. The van der Waals surface area contributed by atoms with Crippen LogP contribution >= 0.6 is 0 Å². The molecule has 0 aromatic carbocycles. The van der Waals surface area contributed by atoms with Gasteiger partial charge in [-0.2, -0.15) is 0 Å². The van der Waals surface area contributed by atoms with Crippen LogP contribution in [0.5, 0.6) is 0 Å². The van der Waals surface area contributed by atoms with Gasteiger partial charge in [-0.15, -0.1) is 0 Å². The lowest BCUT2D eigenvalue weighted by Gasteiger charge is -2.11. The summed E-state index contributed by atoms with van der Waals surface area (Å²) in [7, 11) is 0. The zero-order valence-electron chi connectivity index (χ0n) is 6.35. The standard InChI is InChI=1S/C9H13N/c1-3-10-9-7-5-4-6-8(9)2/h3,5,7,10H,1,4,6H2,2H3. The second kappa shape index (κ2) is 3.25. The van der Waals surface area contributed by atoms with Gasteiger partial charge in [0.15, 0.2) is 0 Å². The molecule has 1 heteroatoms. The Morgan fingerprint density at radius 1 is 1.70 bits per heavy atom. The topological polar surface area (TPSA) is 12.0 Å². The van der Waals surface area contributed by atoms with Crippen LogP contribution in [0.1, 0.15) is 19.8 Å². The summed E-state index contributed by atoms with van der Waals surface area (Å²) in [5.41, 5.74) is 2.63. The fraction of sp³-hybridized carbons (Fsp3) is 0.333. The summed E-state index contributed by atoms with van der Waals surface area (Å²) in [4.78, 5) is 0. The van der Waals surface area contributed by atoms with Gasteiger partial charge in [0.25, 0.3) is 0 Å². The molecule has 0 saturated carbocycles. The Morgan fingerprint density at radius 3 is 3.10 bits per heavy atom. The molecule has 1 aliphatic rings. The zero-order chi connectivity index (χ0) is 7.40. The highest BCUT2D eigenvalue weighted by molar-refractivity contribution is 5.27. The number of allylic oxidation sites excluding steroid dienone is 3. The Kier molecular flexibility index (Phi) is 2.32. The number of nitrogens with one attached hydrogen (secondary N) is 1. The molecule has 1 aliphatic carbocycles. The van der Waals surface area contributed by atoms with Gasteiger partial charge in [-0.1, -0.05) is 12.7 Å². The molecule has 0 aromatic rings. The van der Waals surface area contributed by atoms with Gasteiger partial charge < -0.3 is 5.32 Å². The van der Waals surface area contributed by atoms with Gasteiger partial charge in [0.1, 0.15) is 0 Å². The third-order valence-electron chi connectivity index (χ3n) is 1.69. The molecular formula is C9H13N. The van der Waals surface area contributed by atoms with Crippen molar-refractivity contribution in [2.75, 3.05) is 0 Å². The van der Waals surface area contributed by atoms with E-state index in [2.05, 4.69) is 31.0 Å². The molecule has 1 rings (SSSR count). The monoisotopic (exact) mass is 135 g/mol. The van der Waals surface area contributed by atoms with E-state index in [1.54, 1.807) is 6.20 Å². The maximum Gasteiger partial charge on any atom is 0.0365 e. The van der Waals surface area contributed by atoms with Gasteiger partial charge in [0.05, 0.1) is 0 Å². The van der Waals surface area contributed by atoms with E-state index in [-0.39, 0.29) is 0 Å². The molecule has 0 spiro atoms. The van der Waals surface area contributed by atoms with Crippen molar-refractivity contribution in [2.45, 2.75) is 19.8 Å². The van der Waals surface area contributed by atoms with Gasteiger partial charge >= 0.3 is 0 Å². The van der Waals surface area contributed by atoms with Crippen molar-refractivity contribution in [1.29, 1.82) is 0 Å². The van der Waals surface area contributed by atoms with E-state index in [4.69, 9.17) is 0 Å². The van der Waals surface area contributed by atoms with Crippen LogP contribution in [-0.2, 0) is 0 Å². The molecule has 0 atom stereocenters. The summed E-state index contributed by atoms with van der Waals surface area (Å²) >= 11 is 0. The normalized spacial score (nSPS) is 17.3. The van der Waals surface area contributed by atoms with Crippen molar-refractivity contribution >= 4 is 0 Å². The van der Waals surface area contributed by atoms with Crippen LogP contribution in [0.4, 0.5) is 0 Å². The Hall–Kier alpha value is -0.980. The molecule has 0 heterocycles. The van der Waals surface area contributed by atoms with Crippen molar-refractivity contribution in [3.63, 3.8) is 0 Å². The van der Waals surface area contributed by atoms with E-state index in [9.17, 15) is 0 Å². The molecule has 0 aliphatic heterocycles. The van der Waals surface area contributed by atoms with Crippen molar-refractivity contribution in [3.05, 3.63) is 36.2 Å². The van der Waals surface area contributed by atoms with Crippen molar-refractivity contribution in [3.8, 4) is 0 Å². The highest BCUT2D eigenvalue weighted by Gasteiger charge is 2.00. The van der Waals surface area contributed by atoms with E-state index >= 15 is 0 Å². The van der Waals surface area contributed by atoms with Crippen LogP contribution in [0, 0.1) is 0 Å². The Bertz CT molecular complexity index is 187. The maximum atomic E-state index is 3.61. The summed E-state index contributed by atoms with van der Waals surface area (Å²) in [6, 6.07) is 0. The molecule has 0 amide bonds. The van der Waals surface area contributed by atoms with Crippen LogP contribution < -0.4 is 5.32 Å². The first-order valence-electron chi connectivity index (χ1n) is 3.58. The maximum absolute atomic E-state index is 3.61. The molecule has 0 radical (unpaired) electrons. The number of hydrogen-bond donors (Lipinski definition) is 1. The van der Waals surface area contributed by atoms with E-state index in [0.29, 0.717) is 0 Å². The number of hydrogen-bond acceptors (Lipinski definition) is 1. The molecule has 0 aromatic heterocycles. The molecule has 1 nitrogen and oxygen atoms in total. The minimum atomic E-state index is 1.17. The van der Waals surface area contributed by atoms with Crippen molar-refractivity contribution in [1.82, 2.24) is 5.32 Å².